The van der Waals surface area contributed by atoms with Crippen LogP contribution in [-0.4, -0.2) is 35.5 Å². The molecular formula is C22H34O5. The van der Waals surface area contributed by atoms with Gasteiger partial charge in [0.25, 0.3) is 0 Å². The molecule has 5 nitrogen and oxygen atoms in total. The first-order chi connectivity index (χ1) is 12.9. The highest BCUT2D eigenvalue weighted by atomic mass is 16.6. The maximum absolute atomic E-state index is 10.7. The smallest absolute Gasteiger partial charge is 0.200 e. The van der Waals surface area contributed by atoms with Crippen molar-refractivity contribution < 1.29 is 24.4 Å². The highest BCUT2D eigenvalue weighted by Crippen LogP contribution is 2.45. The summed E-state index contributed by atoms with van der Waals surface area (Å²) in [6.07, 6.45) is 4.21. The number of aliphatic hydroxyl groups is 2. The van der Waals surface area contributed by atoms with E-state index in [0.29, 0.717) is 43.1 Å². The molecule has 5 unspecified atom stereocenters. The first kappa shape index (κ1) is 20.4. The second kappa shape index (κ2) is 8.80. The van der Waals surface area contributed by atoms with Crippen molar-refractivity contribution in [3.05, 3.63) is 24.3 Å². The van der Waals surface area contributed by atoms with E-state index in [1.165, 1.54) is 6.42 Å². The minimum atomic E-state index is -1.03. The van der Waals surface area contributed by atoms with E-state index >= 15 is 0 Å². The minimum Gasteiger partial charge on any atom is -0.494 e. The van der Waals surface area contributed by atoms with Gasteiger partial charge in [-0.1, -0.05) is 19.8 Å². The molecule has 2 N–H and O–H groups in total. The van der Waals surface area contributed by atoms with Gasteiger partial charge in [-0.05, 0) is 68.7 Å². The van der Waals surface area contributed by atoms with Crippen LogP contribution in [0.4, 0.5) is 0 Å². The van der Waals surface area contributed by atoms with Crippen LogP contribution in [0.2, 0.25) is 0 Å². The molecule has 27 heavy (non-hydrogen) atoms. The average Bonchev–Trinajstić information content (AvgIpc) is 2.81. The Kier molecular flexibility index (Phi) is 6.66. The standard InChI is InChI=1S/C22H34O5/c1-4-25-17-8-10-18(11-9-17)27-21(23)15(2)19-7-5-6-16-12-13-22(3,24)26-14-20(16)19/h8-11,15-16,19-21,23-24H,4-7,12-14H2,1-3H3/t15?,16?,19?,20?,21?,22-/m0/s1. The first-order valence-electron chi connectivity index (χ1n) is 10.3. The van der Waals surface area contributed by atoms with Crippen LogP contribution in [0.15, 0.2) is 24.3 Å². The normalized spacial score (nSPS) is 33.4. The molecule has 2 fully saturated rings. The van der Waals surface area contributed by atoms with Crippen LogP contribution in [0.1, 0.15) is 52.9 Å². The molecule has 152 valence electrons. The predicted molar refractivity (Wildman–Crippen MR) is 104 cm³/mol. The summed E-state index contributed by atoms with van der Waals surface area (Å²) in [6.45, 7) is 6.95. The van der Waals surface area contributed by atoms with E-state index in [4.69, 9.17) is 14.2 Å². The van der Waals surface area contributed by atoms with Crippen LogP contribution in [-0.2, 0) is 4.74 Å². The molecule has 1 aromatic rings. The summed E-state index contributed by atoms with van der Waals surface area (Å²) in [7, 11) is 0. The number of benzene rings is 1. The average molecular weight is 379 g/mol. The fourth-order valence-electron chi connectivity index (χ4n) is 4.70. The summed E-state index contributed by atoms with van der Waals surface area (Å²) in [5.41, 5.74) is 0. The van der Waals surface area contributed by atoms with Crippen LogP contribution in [0.5, 0.6) is 11.5 Å². The zero-order valence-corrected chi connectivity index (χ0v) is 16.8. The highest BCUT2D eigenvalue weighted by molar-refractivity contribution is 5.31. The Labute approximate surface area is 162 Å². The molecule has 3 rings (SSSR count). The van der Waals surface area contributed by atoms with Gasteiger partial charge in [0, 0.05) is 12.3 Å². The topological polar surface area (TPSA) is 68.2 Å². The van der Waals surface area contributed by atoms with Gasteiger partial charge < -0.3 is 24.4 Å². The van der Waals surface area contributed by atoms with E-state index in [1.807, 2.05) is 31.2 Å². The third-order valence-corrected chi connectivity index (χ3v) is 6.35. The summed E-state index contributed by atoms with van der Waals surface area (Å²) in [4.78, 5) is 0. The molecule has 2 aliphatic rings. The Hall–Kier alpha value is -1.30. The number of aliphatic hydroxyl groups excluding tert-OH is 1. The van der Waals surface area contributed by atoms with E-state index in [-0.39, 0.29) is 5.92 Å². The van der Waals surface area contributed by atoms with Crippen LogP contribution in [0.25, 0.3) is 0 Å². The Bertz CT molecular complexity index is 585. The molecule has 1 saturated heterocycles. The molecule has 0 spiro atoms. The van der Waals surface area contributed by atoms with Crippen LogP contribution < -0.4 is 9.47 Å². The van der Waals surface area contributed by atoms with Gasteiger partial charge in [0.05, 0.1) is 13.2 Å². The van der Waals surface area contributed by atoms with Crippen molar-refractivity contribution in [3.63, 3.8) is 0 Å². The van der Waals surface area contributed by atoms with Gasteiger partial charge in [0.1, 0.15) is 11.5 Å². The lowest BCUT2D eigenvalue weighted by Gasteiger charge is -2.41. The summed E-state index contributed by atoms with van der Waals surface area (Å²) < 4.78 is 17.1. The Morgan fingerprint density at radius 1 is 1.19 bits per heavy atom. The second-order valence-electron chi connectivity index (χ2n) is 8.32. The van der Waals surface area contributed by atoms with Gasteiger partial charge in [-0.2, -0.15) is 0 Å². The molecule has 0 amide bonds. The van der Waals surface area contributed by atoms with E-state index in [2.05, 4.69) is 6.92 Å². The van der Waals surface area contributed by atoms with E-state index in [9.17, 15) is 10.2 Å². The van der Waals surface area contributed by atoms with Crippen LogP contribution >= 0.6 is 0 Å². The lowest BCUT2D eigenvalue weighted by Crippen LogP contribution is -2.40. The van der Waals surface area contributed by atoms with Gasteiger partial charge in [-0.3, -0.25) is 0 Å². The molecule has 1 aliphatic heterocycles. The molecule has 6 atom stereocenters. The maximum atomic E-state index is 10.7. The van der Waals surface area contributed by atoms with E-state index < -0.39 is 12.1 Å². The Balaban J connectivity index is 1.63. The lowest BCUT2D eigenvalue weighted by atomic mass is 9.66. The van der Waals surface area contributed by atoms with Gasteiger partial charge in [0.2, 0.25) is 0 Å². The number of ether oxygens (including phenoxy) is 3. The quantitative estimate of drug-likeness (QED) is 0.733. The van der Waals surface area contributed by atoms with Crippen LogP contribution in [0, 0.1) is 23.7 Å². The fraction of sp³-hybridized carbons (Fsp3) is 0.727. The molecule has 1 heterocycles. The van der Waals surface area contributed by atoms with Gasteiger partial charge in [-0.15, -0.1) is 0 Å². The van der Waals surface area contributed by atoms with Crippen molar-refractivity contribution in [1.82, 2.24) is 0 Å². The number of fused-ring (bicyclic) bond motifs is 1. The number of hydrogen-bond acceptors (Lipinski definition) is 5. The number of rotatable bonds is 6. The first-order valence-corrected chi connectivity index (χ1v) is 10.3. The largest absolute Gasteiger partial charge is 0.494 e. The van der Waals surface area contributed by atoms with Crippen molar-refractivity contribution >= 4 is 0 Å². The summed E-state index contributed by atoms with van der Waals surface area (Å²) >= 11 is 0. The SMILES string of the molecule is CCOc1ccc(OC(O)C(C)C2CCCC3CC[C@@](C)(O)OCC32)cc1. The summed E-state index contributed by atoms with van der Waals surface area (Å²) in [6, 6.07) is 7.37. The zero-order chi connectivity index (χ0) is 19.4. The summed E-state index contributed by atoms with van der Waals surface area (Å²) in [5.74, 6) is 1.66. The van der Waals surface area contributed by atoms with E-state index in [0.717, 1.165) is 25.0 Å². The van der Waals surface area contributed by atoms with Crippen molar-refractivity contribution in [1.29, 1.82) is 0 Å². The van der Waals surface area contributed by atoms with Crippen molar-refractivity contribution in [2.75, 3.05) is 13.2 Å². The second-order valence-corrected chi connectivity index (χ2v) is 8.32. The zero-order valence-electron chi connectivity index (χ0n) is 16.8. The molecule has 1 aliphatic carbocycles. The van der Waals surface area contributed by atoms with Gasteiger partial charge in [0.15, 0.2) is 12.1 Å². The lowest BCUT2D eigenvalue weighted by molar-refractivity contribution is -0.198. The highest BCUT2D eigenvalue weighted by Gasteiger charge is 2.42. The third kappa shape index (κ3) is 5.15. The molecule has 0 radical (unpaired) electrons. The molecule has 0 aromatic heterocycles. The monoisotopic (exact) mass is 378 g/mol. The molecule has 1 saturated carbocycles. The predicted octanol–water partition coefficient (Wildman–Crippen LogP) is 3.97. The maximum Gasteiger partial charge on any atom is 0.200 e. The van der Waals surface area contributed by atoms with Crippen molar-refractivity contribution in [2.24, 2.45) is 23.7 Å². The van der Waals surface area contributed by atoms with Crippen molar-refractivity contribution in [3.8, 4) is 11.5 Å². The summed E-state index contributed by atoms with van der Waals surface area (Å²) in [5, 5.41) is 21.0. The van der Waals surface area contributed by atoms with Gasteiger partial charge in [-0.25, -0.2) is 0 Å². The molecular weight excluding hydrogens is 344 g/mol. The van der Waals surface area contributed by atoms with Crippen LogP contribution in [0.3, 0.4) is 0 Å². The molecule has 0 bridgehead atoms. The Morgan fingerprint density at radius 3 is 2.59 bits per heavy atom. The minimum absolute atomic E-state index is 0.00369. The van der Waals surface area contributed by atoms with E-state index in [1.54, 1.807) is 6.92 Å². The Morgan fingerprint density at radius 2 is 1.89 bits per heavy atom. The fourth-order valence-corrected chi connectivity index (χ4v) is 4.70. The van der Waals surface area contributed by atoms with Crippen molar-refractivity contribution in [2.45, 2.75) is 65.0 Å². The van der Waals surface area contributed by atoms with Gasteiger partial charge >= 0.3 is 0 Å². The third-order valence-electron chi connectivity index (χ3n) is 6.35. The number of hydrogen-bond donors (Lipinski definition) is 2. The molecule has 1 aromatic carbocycles. The molecule has 5 heteroatoms.